The lowest BCUT2D eigenvalue weighted by molar-refractivity contribution is -0.116. The zero-order chi connectivity index (χ0) is 24.8. The maximum absolute atomic E-state index is 14.5. The van der Waals surface area contributed by atoms with Crippen LogP contribution in [0, 0.1) is 11.7 Å². The van der Waals surface area contributed by atoms with Crippen LogP contribution in [-0.4, -0.2) is 42.5 Å². The molecule has 0 aromatic heterocycles. The predicted octanol–water partition coefficient (Wildman–Crippen LogP) is 5.18. The van der Waals surface area contributed by atoms with Gasteiger partial charge in [0.2, 0.25) is 5.91 Å². The average molecular weight is 502 g/mol. The van der Waals surface area contributed by atoms with Gasteiger partial charge >= 0.3 is 0 Å². The largest absolute Gasteiger partial charge is 0.493 e. The number of hydrogen-bond donors (Lipinski definition) is 2. The Kier molecular flexibility index (Phi) is 8.63. The number of nitrogens with one attached hydrogen (secondary N) is 1. The molecule has 3 N–H and O–H groups in total. The summed E-state index contributed by atoms with van der Waals surface area (Å²) in [4.78, 5) is 26.1. The van der Waals surface area contributed by atoms with Crippen molar-refractivity contribution in [1.82, 2.24) is 4.90 Å². The lowest BCUT2D eigenvalue weighted by Gasteiger charge is -2.36. The van der Waals surface area contributed by atoms with Crippen LogP contribution in [-0.2, 0) is 11.2 Å². The lowest BCUT2D eigenvalue weighted by atomic mass is 9.90. The molecule has 2 aromatic carbocycles. The number of hydrogen-bond acceptors (Lipinski definition) is 4. The molecule has 1 saturated heterocycles. The van der Waals surface area contributed by atoms with Crippen LogP contribution in [0.3, 0.4) is 0 Å². The Labute approximate surface area is 211 Å². The van der Waals surface area contributed by atoms with E-state index in [0.29, 0.717) is 42.8 Å². The molecular formula is C27H33ClFN3O3. The molecular weight excluding hydrogens is 469 g/mol. The van der Waals surface area contributed by atoms with Crippen molar-refractivity contribution in [2.75, 3.05) is 25.0 Å². The number of ether oxygens (including phenoxy) is 1. The molecule has 35 heavy (non-hydrogen) atoms. The van der Waals surface area contributed by atoms with Crippen molar-refractivity contribution >= 4 is 29.1 Å². The average Bonchev–Trinajstić information content (AvgIpc) is 2.84. The Morgan fingerprint density at radius 3 is 2.74 bits per heavy atom. The van der Waals surface area contributed by atoms with Crippen molar-refractivity contribution in [2.24, 2.45) is 11.7 Å². The molecule has 2 aliphatic rings. The summed E-state index contributed by atoms with van der Waals surface area (Å²) in [6.07, 6.45) is 7.16. The number of aryl methyl sites for hydroxylation is 1. The molecule has 0 aliphatic carbocycles. The number of carbonyl (C=O) groups excluding carboxylic acids is 2. The van der Waals surface area contributed by atoms with E-state index in [2.05, 4.69) is 5.32 Å². The Morgan fingerprint density at radius 2 is 1.97 bits per heavy atom. The summed E-state index contributed by atoms with van der Waals surface area (Å²) < 4.78 is 20.3. The fraction of sp³-hybridized carbons (Fsp3) is 0.481. The molecule has 4 rings (SSSR count). The van der Waals surface area contributed by atoms with E-state index < -0.39 is 5.82 Å². The van der Waals surface area contributed by atoms with Gasteiger partial charge in [-0.1, -0.05) is 24.4 Å². The van der Waals surface area contributed by atoms with Crippen LogP contribution in [0.25, 0.3) is 0 Å². The molecule has 8 heteroatoms. The minimum atomic E-state index is -0.572. The second kappa shape index (κ2) is 11.9. The van der Waals surface area contributed by atoms with E-state index in [1.54, 1.807) is 17.0 Å². The van der Waals surface area contributed by atoms with Crippen LogP contribution >= 0.6 is 11.6 Å². The van der Waals surface area contributed by atoms with Crippen molar-refractivity contribution in [1.29, 1.82) is 0 Å². The lowest BCUT2D eigenvalue weighted by Crippen LogP contribution is -2.57. The third kappa shape index (κ3) is 6.95. The van der Waals surface area contributed by atoms with Crippen LogP contribution in [0.1, 0.15) is 60.9 Å². The van der Waals surface area contributed by atoms with Gasteiger partial charge in [-0.25, -0.2) is 4.39 Å². The fourth-order valence-corrected chi connectivity index (χ4v) is 4.98. The maximum atomic E-state index is 14.5. The van der Waals surface area contributed by atoms with E-state index in [1.807, 2.05) is 12.1 Å². The molecule has 6 nitrogen and oxygen atoms in total. The van der Waals surface area contributed by atoms with Crippen LogP contribution in [0.5, 0.6) is 5.75 Å². The maximum Gasteiger partial charge on any atom is 0.256 e. The first-order valence-corrected chi connectivity index (χ1v) is 12.8. The highest BCUT2D eigenvalue weighted by atomic mass is 35.5. The smallest absolute Gasteiger partial charge is 0.256 e. The molecule has 0 bridgehead atoms. The number of rotatable bonds is 6. The highest BCUT2D eigenvalue weighted by Gasteiger charge is 2.29. The van der Waals surface area contributed by atoms with E-state index in [9.17, 15) is 14.0 Å². The zero-order valence-corrected chi connectivity index (χ0v) is 20.7. The topological polar surface area (TPSA) is 84.7 Å². The molecule has 2 amide bonds. The Bertz CT molecular complexity index is 1060. The van der Waals surface area contributed by atoms with Gasteiger partial charge in [0.25, 0.3) is 5.91 Å². The number of likely N-dealkylation sites (tertiary alicyclic amines) is 1. The minimum absolute atomic E-state index is 0.0209. The van der Waals surface area contributed by atoms with Crippen molar-refractivity contribution in [2.45, 2.75) is 57.4 Å². The molecule has 0 saturated carbocycles. The highest BCUT2D eigenvalue weighted by Crippen LogP contribution is 2.28. The number of carbonyl (C=O) groups is 2. The van der Waals surface area contributed by atoms with Crippen molar-refractivity contribution in [3.8, 4) is 5.75 Å². The normalized spacial score (nSPS) is 19.2. The standard InChI is InChI=1S/C27H33ClFN3O3/c28-20-9-12-25-19(14-20)8-7-18(4-1-2-6-26(33)31-25)5-3-13-35-22-10-11-23(24(29)15-22)27(34)32-16-21(30)17-32/h9-12,14-15,18,21H,1-8,13,16-17,30H2,(H,31,33). The second-order valence-corrected chi connectivity index (χ2v) is 10.0. The van der Waals surface area contributed by atoms with Crippen molar-refractivity contribution in [3.05, 3.63) is 58.4 Å². The number of nitrogens with zero attached hydrogens (tertiary/aromatic N) is 1. The molecule has 2 aromatic rings. The molecule has 188 valence electrons. The van der Waals surface area contributed by atoms with E-state index in [1.165, 1.54) is 12.1 Å². The van der Waals surface area contributed by atoms with Gasteiger partial charge in [-0.05, 0) is 73.9 Å². The zero-order valence-electron chi connectivity index (χ0n) is 19.9. The van der Waals surface area contributed by atoms with Crippen LogP contribution in [0.2, 0.25) is 5.02 Å². The van der Waals surface area contributed by atoms with Gasteiger partial charge in [0.15, 0.2) is 0 Å². The summed E-state index contributed by atoms with van der Waals surface area (Å²) in [5.41, 5.74) is 7.68. The molecule has 2 aliphatic heterocycles. The Balaban J connectivity index is 1.28. The van der Waals surface area contributed by atoms with Crippen LogP contribution in [0.15, 0.2) is 36.4 Å². The third-order valence-electron chi connectivity index (χ3n) is 6.82. The SMILES string of the molecule is NC1CN(C(=O)c2ccc(OCCCC3CCCCC(=O)Nc4ccc(Cl)cc4CC3)cc2F)C1. The Hall–Kier alpha value is -2.64. The number of fused-ring (bicyclic) bond motifs is 1. The second-order valence-electron chi connectivity index (χ2n) is 9.60. The number of halogens is 2. The summed E-state index contributed by atoms with van der Waals surface area (Å²) in [7, 11) is 0. The van der Waals surface area contributed by atoms with Gasteiger partial charge < -0.3 is 20.7 Å². The molecule has 0 spiro atoms. The first-order valence-electron chi connectivity index (χ1n) is 12.4. The van der Waals surface area contributed by atoms with Crippen LogP contribution < -0.4 is 15.8 Å². The molecule has 0 radical (unpaired) electrons. The third-order valence-corrected chi connectivity index (χ3v) is 7.06. The van der Waals surface area contributed by atoms with Crippen molar-refractivity contribution < 1.29 is 18.7 Å². The molecule has 1 fully saturated rings. The fourth-order valence-electron chi connectivity index (χ4n) is 4.78. The van der Waals surface area contributed by atoms with Gasteiger partial charge in [-0.15, -0.1) is 0 Å². The number of benzene rings is 2. The summed E-state index contributed by atoms with van der Waals surface area (Å²) >= 11 is 6.20. The summed E-state index contributed by atoms with van der Waals surface area (Å²) in [5, 5.41) is 3.70. The number of anilines is 1. The van der Waals surface area contributed by atoms with E-state index in [0.717, 1.165) is 56.2 Å². The van der Waals surface area contributed by atoms with Gasteiger partial charge in [0.1, 0.15) is 11.6 Å². The molecule has 1 unspecified atom stereocenters. The summed E-state index contributed by atoms with van der Waals surface area (Å²) in [6.45, 7) is 1.40. The highest BCUT2D eigenvalue weighted by molar-refractivity contribution is 6.30. The van der Waals surface area contributed by atoms with Crippen LogP contribution in [0.4, 0.5) is 10.1 Å². The predicted molar refractivity (Wildman–Crippen MR) is 135 cm³/mol. The first kappa shape index (κ1) is 25.5. The Morgan fingerprint density at radius 1 is 1.14 bits per heavy atom. The van der Waals surface area contributed by atoms with Gasteiger partial charge in [-0.3, -0.25) is 9.59 Å². The van der Waals surface area contributed by atoms with Gasteiger partial charge in [-0.2, -0.15) is 0 Å². The summed E-state index contributed by atoms with van der Waals surface area (Å²) in [6, 6.07) is 10.0. The van der Waals surface area contributed by atoms with E-state index >= 15 is 0 Å². The van der Waals surface area contributed by atoms with E-state index in [4.69, 9.17) is 22.1 Å². The van der Waals surface area contributed by atoms with Crippen molar-refractivity contribution in [3.63, 3.8) is 0 Å². The van der Waals surface area contributed by atoms with E-state index in [-0.39, 0.29) is 23.4 Å². The molecule has 2 heterocycles. The minimum Gasteiger partial charge on any atom is -0.493 e. The monoisotopic (exact) mass is 501 g/mol. The first-order chi connectivity index (χ1) is 16.9. The number of nitrogens with two attached hydrogens (primary N) is 1. The summed E-state index contributed by atoms with van der Waals surface area (Å²) in [5.74, 6) is 0.0845. The quantitative estimate of drug-likeness (QED) is 0.534. The number of amides is 2. The molecule has 1 atom stereocenters. The van der Waals surface area contributed by atoms with Gasteiger partial charge in [0.05, 0.1) is 12.2 Å². The van der Waals surface area contributed by atoms with Gasteiger partial charge in [0, 0.05) is 42.3 Å².